The molecule has 0 heterocycles. The van der Waals surface area contributed by atoms with E-state index < -0.39 is 22.0 Å². The molecule has 0 aliphatic heterocycles. The zero-order chi connectivity index (χ0) is 21.0. The van der Waals surface area contributed by atoms with Crippen LogP contribution in [0, 0.1) is 0 Å². The molecule has 0 radical (unpaired) electrons. The molecule has 0 aromatic heterocycles. The van der Waals surface area contributed by atoms with Crippen molar-refractivity contribution in [2.24, 2.45) is 0 Å². The number of rotatable bonds is 7. The van der Waals surface area contributed by atoms with Gasteiger partial charge in [0, 0.05) is 15.8 Å². The minimum Gasteiger partial charge on any atom is -0.496 e. The molecule has 3 aromatic carbocycles. The highest BCUT2D eigenvalue weighted by atomic mass is 35.5. The average Bonchev–Trinajstić information content (AvgIpc) is 2.72. The molecule has 3 rings (SSSR count). The number of hydrogen-bond donors (Lipinski definition) is 1. The lowest BCUT2D eigenvalue weighted by Crippen LogP contribution is -2.31. The van der Waals surface area contributed by atoms with Gasteiger partial charge in [0.25, 0.3) is 0 Å². The van der Waals surface area contributed by atoms with Crippen molar-refractivity contribution in [1.29, 1.82) is 0 Å². The highest BCUT2D eigenvalue weighted by Gasteiger charge is 2.27. The van der Waals surface area contributed by atoms with Crippen LogP contribution in [0.5, 0.6) is 5.75 Å². The van der Waals surface area contributed by atoms with Crippen molar-refractivity contribution < 1.29 is 22.7 Å². The van der Waals surface area contributed by atoms with E-state index in [0.29, 0.717) is 27.1 Å². The second kappa shape index (κ2) is 8.82. The van der Waals surface area contributed by atoms with Crippen LogP contribution < -0.4 is 9.46 Å². The lowest BCUT2D eigenvalue weighted by Gasteiger charge is -2.20. The Hall–Kier alpha value is -2.61. The van der Waals surface area contributed by atoms with Gasteiger partial charge in [-0.1, -0.05) is 54.1 Å². The highest BCUT2D eigenvalue weighted by molar-refractivity contribution is 7.89. The van der Waals surface area contributed by atoms with Crippen molar-refractivity contribution in [2.45, 2.75) is 17.4 Å². The third-order valence-corrected chi connectivity index (χ3v) is 6.40. The predicted molar refractivity (Wildman–Crippen MR) is 112 cm³/mol. The van der Waals surface area contributed by atoms with E-state index in [2.05, 4.69) is 4.72 Å². The molecule has 152 valence electrons. The number of carbonyl (C=O) groups is 1. The van der Waals surface area contributed by atoms with Crippen molar-refractivity contribution in [2.75, 3.05) is 14.2 Å². The van der Waals surface area contributed by atoms with E-state index in [0.717, 1.165) is 0 Å². The molecule has 1 atom stereocenters. The summed E-state index contributed by atoms with van der Waals surface area (Å²) in [4.78, 5) is 12.0. The maximum absolute atomic E-state index is 13.3. The summed E-state index contributed by atoms with van der Waals surface area (Å²) in [5.41, 5.74) is 0.487. The quantitative estimate of drug-likeness (QED) is 0.567. The lowest BCUT2D eigenvalue weighted by molar-refractivity contribution is -0.141. The van der Waals surface area contributed by atoms with E-state index in [1.807, 2.05) is 0 Å². The first kappa shape index (κ1) is 21.1. The van der Waals surface area contributed by atoms with E-state index >= 15 is 0 Å². The number of methoxy groups -OCH3 is 2. The Morgan fingerprint density at radius 3 is 2.31 bits per heavy atom. The molecular formula is C21H20ClNO5S. The minimum absolute atomic E-state index is 0.0795. The highest BCUT2D eigenvalue weighted by Crippen LogP contribution is 2.33. The molecule has 0 bridgehead atoms. The van der Waals surface area contributed by atoms with Crippen LogP contribution in [0.1, 0.15) is 18.0 Å². The molecule has 1 N–H and O–H groups in total. The number of esters is 1. The number of carbonyl (C=O) groups excluding carboxylic acids is 1. The van der Waals surface area contributed by atoms with Crippen LogP contribution in [0.3, 0.4) is 0 Å². The standard InChI is InChI=1S/C21H20ClNO5S/c1-27-19-11-12-20(15-8-4-3-7-14(15)19)29(25,26)23-18(13-21(24)28-2)16-9-5-6-10-17(16)22/h3-12,18,23H,13H2,1-2H3. The van der Waals surface area contributed by atoms with Gasteiger partial charge in [-0.3, -0.25) is 4.79 Å². The van der Waals surface area contributed by atoms with Gasteiger partial charge in [-0.05, 0) is 23.8 Å². The number of hydrogen-bond acceptors (Lipinski definition) is 5. The third-order valence-electron chi connectivity index (χ3n) is 4.53. The Morgan fingerprint density at radius 2 is 1.66 bits per heavy atom. The van der Waals surface area contributed by atoms with Crippen molar-refractivity contribution in [3.8, 4) is 5.75 Å². The predicted octanol–water partition coefficient (Wildman–Crippen LogP) is 4.08. The first-order valence-electron chi connectivity index (χ1n) is 8.76. The third kappa shape index (κ3) is 4.53. The van der Waals surface area contributed by atoms with Crippen LogP contribution in [0.2, 0.25) is 5.02 Å². The fourth-order valence-electron chi connectivity index (χ4n) is 3.13. The van der Waals surface area contributed by atoms with Gasteiger partial charge in [-0.15, -0.1) is 0 Å². The van der Waals surface area contributed by atoms with Crippen molar-refractivity contribution in [3.05, 3.63) is 71.2 Å². The van der Waals surface area contributed by atoms with E-state index in [-0.39, 0.29) is 11.3 Å². The zero-order valence-corrected chi connectivity index (χ0v) is 17.5. The van der Waals surface area contributed by atoms with E-state index in [1.165, 1.54) is 20.3 Å². The Kier molecular flexibility index (Phi) is 6.42. The SMILES string of the molecule is COC(=O)CC(NS(=O)(=O)c1ccc(OC)c2ccccc12)c1ccccc1Cl. The summed E-state index contributed by atoms with van der Waals surface area (Å²) in [6.07, 6.45) is -0.201. The Morgan fingerprint density at radius 1 is 1.00 bits per heavy atom. The molecule has 6 nitrogen and oxygen atoms in total. The van der Waals surface area contributed by atoms with E-state index in [4.69, 9.17) is 21.1 Å². The fraction of sp³-hybridized carbons (Fsp3) is 0.190. The van der Waals surface area contributed by atoms with Crippen molar-refractivity contribution in [1.82, 2.24) is 4.72 Å². The maximum Gasteiger partial charge on any atom is 0.307 e. The first-order valence-corrected chi connectivity index (χ1v) is 10.6. The van der Waals surface area contributed by atoms with Crippen LogP contribution in [0.15, 0.2) is 65.6 Å². The summed E-state index contributed by atoms with van der Waals surface area (Å²) in [5.74, 6) is 0.00831. The van der Waals surface area contributed by atoms with Gasteiger partial charge in [0.1, 0.15) is 5.75 Å². The van der Waals surface area contributed by atoms with Crippen molar-refractivity contribution >= 4 is 38.4 Å². The van der Waals surface area contributed by atoms with Crippen molar-refractivity contribution in [3.63, 3.8) is 0 Å². The number of halogens is 1. The summed E-state index contributed by atoms with van der Waals surface area (Å²) in [6, 6.07) is 16.0. The molecule has 3 aromatic rings. The molecule has 0 spiro atoms. The normalized spacial score (nSPS) is 12.5. The molecule has 0 saturated heterocycles. The minimum atomic E-state index is -4.00. The van der Waals surface area contributed by atoms with Gasteiger partial charge < -0.3 is 9.47 Å². The smallest absolute Gasteiger partial charge is 0.307 e. The van der Waals surface area contributed by atoms with Crippen LogP contribution in [0.25, 0.3) is 10.8 Å². The summed E-state index contributed by atoms with van der Waals surface area (Å²) < 4.78 is 39.2. The topological polar surface area (TPSA) is 81.7 Å². The summed E-state index contributed by atoms with van der Waals surface area (Å²) in [5, 5.41) is 1.53. The Labute approximate surface area is 174 Å². The van der Waals surface area contributed by atoms with Crippen LogP contribution in [-0.2, 0) is 19.6 Å². The molecule has 8 heteroatoms. The largest absolute Gasteiger partial charge is 0.496 e. The number of sulfonamides is 1. The average molecular weight is 434 g/mol. The number of nitrogens with one attached hydrogen (secondary N) is 1. The molecular weight excluding hydrogens is 414 g/mol. The van der Waals surface area contributed by atoms with Crippen LogP contribution in [0.4, 0.5) is 0 Å². The Balaban J connectivity index is 2.07. The molecule has 0 aliphatic rings. The summed E-state index contributed by atoms with van der Waals surface area (Å²) in [6.45, 7) is 0. The maximum atomic E-state index is 13.3. The van der Waals surface area contributed by atoms with E-state index in [1.54, 1.807) is 54.6 Å². The first-order chi connectivity index (χ1) is 13.9. The second-order valence-electron chi connectivity index (χ2n) is 6.29. The molecule has 0 aliphatic carbocycles. The Bertz CT molecular complexity index is 1150. The van der Waals surface area contributed by atoms with Gasteiger partial charge in [-0.2, -0.15) is 0 Å². The van der Waals surface area contributed by atoms with Gasteiger partial charge in [0.2, 0.25) is 10.0 Å². The molecule has 0 amide bonds. The monoisotopic (exact) mass is 433 g/mol. The van der Waals surface area contributed by atoms with Crippen LogP contribution >= 0.6 is 11.6 Å². The van der Waals surface area contributed by atoms with Gasteiger partial charge >= 0.3 is 5.97 Å². The molecule has 0 fully saturated rings. The number of benzene rings is 3. The summed E-state index contributed by atoms with van der Waals surface area (Å²) in [7, 11) is -1.23. The number of fused-ring (bicyclic) bond motifs is 1. The lowest BCUT2D eigenvalue weighted by atomic mass is 10.1. The van der Waals surface area contributed by atoms with Gasteiger partial charge in [-0.25, -0.2) is 13.1 Å². The molecule has 1 unspecified atom stereocenters. The van der Waals surface area contributed by atoms with Gasteiger partial charge in [0.05, 0.1) is 31.6 Å². The summed E-state index contributed by atoms with van der Waals surface area (Å²) >= 11 is 6.25. The second-order valence-corrected chi connectivity index (χ2v) is 8.38. The fourth-order valence-corrected chi connectivity index (χ4v) is 4.82. The van der Waals surface area contributed by atoms with Gasteiger partial charge in [0.15, 0.2) is 0 Å². The molecule has 0 saturated carbocycles. The number of ether oxygens (including phenoxy) is 2. The van der Waals surface area contributed by atoms with Crippen LogP contribution in [-0.4, -0.2) is 28.6 Å². The zero-order valence-electron chi connectivity index (χ0n) is 15.9. The van der Waals surface area contributed by atoms with E-state index in [9.17, 15) is 13.2 Å². The molecule has 29 heavy (non-hydrogen) atoms.